The number of esters is 1. The highest BCUT2D eigenvalue weighted by atomic mass is 16.6. The minimum atomic E-state index is -0.509. The minimum absolute atomic E-state index is 0.348. The molecule has 0 aliphatic rings. The quantitative estimate of drug-likeness (QED) is 0.247. The molecule has 0 spiro atoms. The van der Waals surface area contributed by atoms with Crippen molar-refractivity contribution >= 4 is 5.97 Å². The second kappa shape index (κ2) is 13.2. The van der Waals surface area contributed by atoms with Crippen molar-refractivity contribution in [3.05, 3.63) is 24.2 Å². The fourth-order valence-corrected chi connectivity index (χ4v) is 1.82. The number of hydrogen-bond donors (Lipinski definition) is 1. The lowest BCUT2D eigenvalue weighted by molar-refractivity contribution is -0.140. The van der Waals surface area contributed by atoms with Crippen LogP contribution in [0.25, 0.3) is 0 Å². The van der Waals surface area contributed by atoms with E-state index in [1.54, 1.807) is 6.08 Å². The van der Waals surface area contributed by atoms with Crippen LogP contribution in [0.15, 0.2) is 24.2 Å². The molecule has 0 rings (SSSR count). The van der Waals surface area contributed by atoms with Crippen molar-refractivity contribution in [3.63, 3.8) is 0 Å². The Labute approximate surface area is 117 Å². The molecule has 0 radical (unpaired) electrons. The third kappa shape index (κ3) is 14.7. The standard InChI is InChI=1S/C16H28O3/c1-3-4-5-6-7-8-9-10-11-12-13-14-16(18)19-15(2)17/h12-14,18H,3-11H2,1-2H3/b13-12+,16-14+. The van der Waals surface area contributed by atoms with Crippen molar-refractivity contribution in [1.29, 1.82) is 0 Å². The van der Waals surface area contributed by atoms with Crippen LogP contribution in [0.4, 0.5) is 0 Å². The molecule has 0 amide bonds. The van der Waals surface area contributed by atoms with E-state index >= 15 is 0 Å². The fourth-order valence-electron chi connectivity index (χ4n) is 1.82. The second-order valence-corrected chi connectivity index (χ2v) is 4.79. The summed E-state index contributed by atoms with van der Waals surface area (Å²) < 4.78 is 4.47. The van der Waals surface area contributed by atoms with Crippen LogP contribution in [-0.2, 0) is 9.53 Å². The average Bonchev–Trinajstić information content (AvgIpc) is 2.35. The van der Waals surface area contributed by atoms with Gasteiger partial charge in [0, 0.05) is 13.0 Å². The Bertz CT molecular complexity index is 280. The highest BCUT2D eigenvalue weighted by molar-refractivity contribution is 5.66. The van der Waals surface area contributed by atoms with Crippen molar-refractivity contribution < 1.29 is 14.6 Å². The van der Waals surface area contributed by atoms with Crippen molar-refractivity contribution in [2.75, 3.05) is 0 Å². The topological polar surface area (TPSA) is 46.5 Å². The first kappa shape index (κ1) is 17.8. The zero-order chi connectivity index (χ0) is 14.3. The summed E-state index contributed by atoms with van der Waals surface area (Å²) in [5.41, 5.74) is 0. The summed E-state index contributed by atoms with van der Waals surface area (Å²) in [7, 11) is 0. The highest BCUT2D eigenvalue weighted by Crippen LogP contribution is 2.09. The fraction of sp³-hybridized carbons (Fsp3) is 0.688. The van der Waals surface area contributed by atoms with Gasteiger partial charge < -0.3 is 9.84 Å². The summed E-state index contributed by atoms with van der Waals surface area (Å²) in [6.45, 7) is 3.49. The Hall–Kier alpha value is -1.25. The number of hydrogen-bond acceptors (Lipinski definition) is 3. The third-order valence-electron chi connectivity index (χ3n) is 2.85. The molecule has 0 saturated heterocycles. The first-order chi connectivity index (χ1) is 9.16. The zero-order valence-corrected chi connectivity index (χ0v) is 12.4. The number of aliphatic hydroxyl groups is 1. The smallest absolute Gasteiger partial charge is 0.310 e. The van der Waals surface area contributed by atoms with Crippen molar-refractivity contribution in [2.45, 2.75) is 71.6 Å². The van der Waals surface area contributed by atoms with Crippen LogP contribution in [0.1, 0.15) is 71.6 Å². The molecular weight excluding hydrogens is 240 g/mol. The van der Waals surface area contributed by atoms with Gasteiger partial charge in [0.1, 0.15) is 0 Å². The van der Waals surface area contributed by atoms with E-state index in [-0.39, 0.29) is 5.95 Å². The first-order valence-corrected chi connectivity index (χ1v) is 7.41. The van der Waals surface area contributed by atoms with Crippen LogP contribution in [-0.4, -0.2) is 11.1 Å². The molecular formula is C16H28O3. The van der Waals surface area contributed by atoms with E-state index in [1.165, 1.54) is 64.4 Å². The molecule has 0 heterocycles. The summed E-state index contributed by atoms with van der Waals surface area (Å²) in [6, 6.07) is 0. The van der Waals surface area contributed by atoms with Gasteiger partial charge in [-0.2, -0.15) is 0 Å². The summed E-state index contributed by atoms with van der Waals surface area (Å²) in [4.78, 5) is 10.5. The van der Waals surface area contributed by atoms with Crippen LogP contribution in [0.5, 0.6) is 0 Å². The molecule has 110 valence electrons. The molecule has 0 aromatic rings. The van der Waals surface area contributed by atoms with Gasteiger partial charge in [-0.05, 0) is 12.8 Å². The monoisotopic (exact) mass is 268 g/mol. The van der Waals surface area contributed by atoms with Gasteiger partial charge in [0.15, 0.2) is 0 Å². The maximum absolute atomic E-state index is 10.5. The van der Waals surface area contributed by atoms with E-state index in [4.69, 9.17) is 5.11 Å². The molecule has 19 heavy (non-hydrogen) atoms. The van der Waals surface area contributed by atoms with Crippen LogP contribution in [0.3, 0.4) is 0 Å². The Morgan fingerprint density at radius 3 is 2.21 bits per heavy atom. The highest BCUT2D eigenvalue weighted by Gasteiger charge is 1.95. The van der Waals surface area contributed by atoms with Gasteiger partial charge in [-0.15, -0.1) is 0 Å². The molecule has 0 aromatic heterocycles. The summed E-state index contributed by atoms with van der Waals surface area (Å²) in [5.74, 6) is -0.857. The molecule has 0 aromatic carbocycles. The molecule has 3 heteroatoms. The van der Waals surface area contributed by atoms with Gasteiger partial charge in [-0.25, -0.2) is 0 Å². The Kier molecular flexibility index (Phi) is 12.3. The van der Waals surface area contributed by atoms with Gasteiger partial charge in [0.2, 0.25) is 0 Å². The van der Waals surface area contributed by atoms with Crippen LogP contribution < -0.4 is 0 Å². The van der Waals surface area contributed by atoms with E-state index in [9.17, 15) is 4.79 Å². The predicted molar refractivity (Wildman–Crippen MR) is 78.8 cm³/mol. The average molecular weight is 268 g/mol. The molecule has 0 aliphatic carbocycles. The van der Waals surface area contributed by atoms with E-state index in [2.05, 4.69) is 11.7 Å². The Balaban J connectivity index is 3.36. The van der Waals surface area contributed by atoms with Gasteiger partial charge in [0.05, 0.1) is 0 Å². The molecule has 0 fully saturated rings. The Morgan fingerprint density at radius 1 is 1.05 bits per heavy atom. The number of unbranched alkanes of at least 4 members (excludes halogenated alkanes) is 8. The van der Waals surface area contributed by atoms with E-state index in [0.29, 0.717) is 0 Å². The van der Waals surface area contributed by atoms with Crippen molar-refractivity contribution in [2.24, 2.45) is 0 Å². The number of ether oxygens (including phenoxy) is 1. The summed E-state index contributed by atoms with van der Waals surface area (Å²) in [5, 5.41) is 9.13. The molecule has 0 unspecified atom stereocenters. The number of rotatable bonds is 11. The van der Waals surface area contributed by atoms with E-state index < -0.39 is 5.97 Å². The van der Waals surface area contributed by atoms with Crippen LogP contribution in [0.2, 0.25) is 0 Å². The summed E-state index contributed by atoms with van der Waals surface area (Å²) >= 11 is 0. The van der Waals surface area contributed by atoms with Gasteiger partial charge in [0.25, 0.3) is 5.95 Å². The van der Waals surface area contributed by atoms with Crippen LogP contribution in [0, 0.1) is 0 Å². The first-order valence-electron chi connectivity index (χ1n) is 7.41. The lowest BCUT2D eigenvalue weighted by Crippen LogP contribution is -1.96. The van der Waals surface area contributed by atoms with E-state index in [0.717, 1.165) is 6.42 Å². The predicted octanol–water partition coefficient (Wildman–Crippen LogP) is 5.04. The van der Waals surface area contributed by atoms with Gasteiger partial charge >= 0.3 is 5.97 Å². The SMILES string of the molecule is CCCCCCCCCC/C=C/C=C(\O)OC(C)=O. The second-order valence-electron chi connectivity index (χ2n) is 4.79. The number of carbonyl (C=O) groups excluding carboxylic acids is 1. The maximum atomic E-state index is 10.5. The number of carbonyl (C=O) groups is 1. The zero-order valence-electron chi connectivity index (χ0n) is 12.4. The number of allylic oxidation sites excluding steroid dienone is 3. The molecule has 1 N–H and O–H groups in total. The van der Waals surface area contributed by atoms with Gasteiger partial charge in [-0.3, -0.25) is 4.79 Å². The van der Waals surface area contributed by atoms with E-state index in [1.807, 2.05) is 6.08 Å². The van der Waals surface area contributed by atoms with Crippen molar-refractivity contribution in [1.82, 2.24) is 0 Å². The molecule has 0 saturated carbocycles. The number of aliphatic hydroxyl groups excluding tert-OH is 1. The van der Waals surface area contributed by atoms with Crippen LogP contribution >= 0.6 is 0 Å². The van der Waals surface area contributed by atoms with Gasteiger partial charge in [-0.1, -0.05) is 64.0 Å². The normalized spacial score (nSPS) is 12.0. The Morgan fingerprint density at radius 2 is 1.63 bits per heavy atom. The molecule has 3 nitrogen and oxygen atoms in total. The molecule has 0 bridgehead atoms. The third-order valence-corrected chi connectivity index (χ3v) is 2.85. The minimum Gasteiger partial charge on any atom is -0.481 e. The lowest BCUT2D eigenvalue weighted by Gasteiger charge is -1.99. The molecule has 0 atom stereocenters. The molecule has 0 aliphatic heterocycles. The largest absolute Gasteiger partial charge is 0.481 e. The maximum Gasteiger partial charge on any atom is 0.310 e. The summed E-state index contributed by atoms with van der Waals surface area (Å²) in [6.07, 6.45) is 16.6. The lowest BCUT2D eigenvalue weighted by atomic mass is 10.1. The van der Waals surface area contributed by atoms with Crippen molar-refractivity contribution in [3.8, 4) is 0 Å².